The van der Waals surface area contributed by atoms with E-state index in [0.717, 1.165) is 37.8 Å². The quantitative estimate of drug-likeness (QED) is 0.149. The van der Waals surface area contributed by atoms with Crippen molar-refractivity contribution in [3.8, 4) is 0 Å². The van der Waals surface area contributed by atoms with Crippen LogP contribution < -0.4 is 5.32 Å². The monoisotopic (exact) mass is 728 g/mol. The Labute approximate surface area is 308 Å². The Bertz CT molecular complexity index is 1400. The number of aliphatic hydroxyl groups is 1. The van der Waals surface area contributed by atoms with Crippen molar-refractivity contribution < 1.29 is 34.1 Å². The Hall–Kier alpha value is -3.19. The number of nitrogens with zero attached hydrogens (tertiary/aromatic N) is 3. The molecule has 0 saturated carbocycles. The molecule has 1 aromatic carbocycles. The summed E-state index contributed by atoms with van der Waals surface area (Å²) < 4.78 is 5.42. The van der Waals surface area contributed by atoms with Crippen LogP contribution >= 0.6 is 11.3 Å². The molecular weight excluding hydrogens is 669 g/mol. The number of aromatic nitrogens is 1. The standard InChI is InChI=1S/C39H60N4O7S/c1-8-26(4)30(22-34(44)32-16-12-13-17-42(32)6)38(47)43(18-19-50-7)33(25(2)3)23-35(45)37-41-31(24-51-37)36(46)40-29(20-27(5)39(48)49)21-28-14-10-9-11-15-28/h9-11,14-15,24-27,29-30,32-33,35,45H,8,12-13,16-23H2,1-7H3,(H,40,46)(H,48,49)/t26-,27-,29+,30-,32+,33+,35+/m0/s1. The summed E-state index contributed by atoms with van der Waals surface area (Å²) in [6.45, 7) is 11.2. The number of Topliss-reactive ketones (excluding diaryl/α,β-unsaturated/α-hetero) is 1. The summed E-state index contributed by atoms with van der Waals surface area (Å²) in [5.41, 5.74) is 1.12. The number of carbonyl (C=O) groups excluding carboxylic acids is 3. The van der Waals surface area contributed by atoms with E-state index < -0.39 is 35.9 Å². The van der Waals surface area contributed by atoms with Gasteiger partial charge in [0.05, 0.1) is 18.6 Å². The first kappa shape index (κ1) is 42.2. The largest absolute Gasteiger partial charge is 0.481 e. The van der Waals surface area contributed by atoms with Gasteiger partial charge in [0.2, 0.25) is 5.91 Å². The lowest BCUT2D eigenvalue weighted by atomic mass is 9.82. The molecule has 2 amide bonds. The number of ketones is 1. The van der Waals surface area contributed by atoms with Gasteiger partial charge in [0, 0.05) is 49.9 Å². The summed E-state index contributed by atoms with van der Waals surface area (Å²) in [5.74, 6) is -2.55. The van der Waals surface area contributed by atoms with Gasteiger partial charge in [-0.3, -0.25) is 24.1 Å². The first-order chi connectivity index (χ1) is 24.3. The summed E-state index contributed by atoms with van der Waals surface area (Å²) in [7, 11) is 3.57. The van der Waals surface area contributed by atoms with E-state index in [0.29, 0.717) is 24.6 Å². The van der Waals surface area contributed by atoms with Crippen LogP contribution in [0.3, 0.4) is 0 Å². The van der Waals surface area contributed by atoms with E-state index in [-0.39, 0.29) is 60.6 Å². The van der Waals surface area contributed by atoms with Gasteiger partial charge in [-0.1, -0.05) is 77.8 Å². The summed E-state index contributed by atoms with van der Waals surface area (Å²) >= 11 is 1.17. The third-order valence-electron chi connectivity index (χ3n) is 10.4. The molecule has 0 aliphatic carbocycles. The molecular formula is C39H60N4O7S. The average Bonchev–Trinajstić information content (AvgIpc) is 3.61. The van der Waals surface area contributed by atoms with Crippen LogP contribution in [-0.4, -0.2) is 101 Å². The van der Waals surface area contributed by atoms with Crippen molar-refractivity contribution in [2.24, 2.45) is 23.7 Å². The molecule has 1 fully saturated rings. The van der Waals surface area contributed by atoms with Gasteiger partial charge in [-0.15, -0.1) is 11.3 Å². The number of amides is 2. The van der Waals surface area contributed by atoms with Crippen LogP contribution in [0.15, 0.2) is 35.7 Å². The Morgan fingerprint density at radius 3 is 2.41 bits per heavy atom. The van der Waals surface area contributed by atoms with Crippen LogP contribution in [0.5, 0.6) is 0 Å². The number of carboxylic acid groups (broad SMARTS) is 1. The molecule has 0 spiro atoms. The summed E-state index contributed by atoms with van der Waals surface area (Å²) in [5, 5.41) is 25.9. The number of carbonyl (C=O) groups is 4. The minimum absolute atomic E-state index is 0.0117. The second-order valence-corrected chi connectivity index (χ2v) is 15.5. The van der Waals surface area contributed by atoms with Crippen LogP contribution in [0.4, 0.5) is 0 Å². The molecule has 3 N–H and O–H groups in total. The van der Waals surface area contributed by atoms with Crippen molar-refractivity contribution in [3.63, 3.8) is 0 Å². The topological polar surface area (TPSA) is 149 Å². The van der Waals surface area contributed by atoms with Crippen molar-refractivity contribution in [2.45, 2.75) is 110 Å². The van der Waals surface area contributed by atoms with Gasteiger partial charge >= 0.3 is 5.97 Å². The van der Waals surface area contributed by atoms with Crippen LogP contribution in [0, 0.1) is 23.7 Å². The number of aliphatic carboxylic acids is 1. The SMILES string of the molecule is CC[C@H](C)[C@H](CC(=O)[C@H]1CCCCN1C)C(=O)N(CCOC)[C@H](C[C@@H](O)c1nc(C(=O)N[C@@H](Cc2ccccc2)C[C@H](C)C(=O)O)cs1)C(C)C. The van der Waals surface area contributed by atoms with Crippen LogP contribution in [0.1, 0.15) is 107 Å². The maximum atomic E-state index is 14.5. The number of methoxy groups -OCH3 is 1. The van der Waals surface area contributed by atoms with Gasteiger partial charge < -0.3 is 25.2 Å². The molecule has 0 bridgehead atoms. The predicted molar refractivity (Wildman–Crippen MR) is 200 cm³/mol. The molecule has 51 heavy (non-hydrogen) atoms. The van der Waals surface area contributed by atoms with E-state index >= 15 is 0 Å². The van der Waals surface area contributed by atoms with Crippen molar-refractivity contribution in [3.05, 3.63) is 52.0 Å². The smallest absolute Gasteiger partial charge is 0.306 e. The van der Waals surface area contributed by atoms with E-state index in [1.807, 2.05) is 65.1 Å². The lowest BCUT2D eigenvalue weighted by molar-refractivity contribution is -0.145. The highest BCUT2D eigenvalue weighted by Crippen LogP contribution is 2.31. The second kappa shape index (κ2) is 20.7. The highest BCUT2D eigenvalue weighted by molar-refractivity contribution is 7.09. The van der Waals surface area contributed by atoms with Gasteiger partial charge in [0.25, 0.3) is 5.91 Å². The predicted octanol–water partition coefficient (Wildman–Crippen LogP) is 5.62. The lowest BCUT2D eigenvalue weighted by Gasteiger charge is -2.39. The molecule has 7 atom stereocenters. The molecule has 1 aliphatic heterocycles. The van der Waals surface area contributed by atoms with E-state index in [2.05, 4.69) is 15.2 Å². The summed E-state index contributed by atoms with van der Waals surface area (Å²) in [6.07, 6.45) is 3.69. The van der Waals surface area contributed by atoms with Gasteiger partial charge in [0.1, 0.15) is 16.8 Å². The van der Waals surface area contributed by atoms with Gasteiger partial charge in [0.15, 0.2) is 5.78 Å². The number of nitrogens with one attached hydrogen (secondary N) is 1. The van der Waals surface area contributed by atoms with Crippen molar-refractivity contribution in [1.29, 1.82) is 0 Å². The maximum Gasteiger partial charge on any atom is 0.306 e. The zero-order chi connectivity index (χ0) is 37.7. The van der Waals surface area contributed by atoms with E-state index in [9.17, 15) is 29.4 Å². The zero-order valence-electron chi connectivity index (χ0n) is 31.5. The minimum atomic E-state index is -1.05. The molecule has 0 unspecified atom stereocenters. The van der Waals surface area contributed by atoms with Gasteiger partial charge in [-0.25, -0.2) is 4.98 Å². The normalized spacial score (nSPS) is 18.7. The maximum absolute atomic E-state index is 14.5. The third-order valence-corrected chi connectivity index (χ3v) is 11.4. The number of aliphatic hydroxyl groups excluding tert-OH is 1. The fourth-order valence-corrected chi connectivity index (χ4v) is 7.80. The van der Waals surface area contributed by atoms with Crippen LogP contribution in [-0.2, 0) is 25.5 Å². The molecule has 11 nitrogen and oxygen atoms in total. The first-order valence-electron chi connectivity index (χ1n) is 18.5. The highest BCUT2D eigenvalue weighted by Gasteiger charge is 2.38. The lowest BCUT2D eigenvalue weighted by Crippen LogP contribution is -2.50. The molecule has 0 radical (unpaired) electrons. The second-order valence-electron chi connectivity index (χ2n) is 14.6. The van der Waals surface area contributed by atoms with Gasteiger partial charge in [-0.05, 0) is 56.7 Å². The Morgan fingerprint density at radius 1 is 1.10 bits per heavy atom. The Balaban J connectivity index is 1.79. The molecule has 284 valence electrons. The Kier molecular flexibility index (Phi) is 17.2. The number of hydrogen-bond acceptors (Lipinski definition) is 9. The third kappa shape index (κ3) is 12.5. The fourth-order valence-electron chi connectivity index (χ4n) is 7.01. The van der Waals surface area contributed by atoms with E-state index in [1.165, 1.54) is 11.3 Å². The van der Waals surface area contributed by atoms with E-state index in [1.54, 1.807) is 24.3 Å². The Morgan fingerprint density at radius 2 is 1.80 bits per heavy atom. The van der Waals surface area contributed by atoms with Gasteiger partial charge in [-0.2, -0.15) is 0 Å². The molecule has 1 aromatic heterocycles. The highest BCUT2D eigenvalue weighted by atomic mass is 32.1. The molecule has 2 aromatic rings. The van der Waals surface area contributed by atoms with Crippen molar-refractivity contribution in [1.82, 2.24) is 20.1 Å². The van der Waals surface area contributed by atoms with Crippen molar-refractivity contribution >= 4 is 34.9 Å². The number of piperidine rings is 1. The number of benzene rings is 1. The van der Waals surface area contributed by atoms with Crippen molar-refractivity contribution in [2.75, 3.05) is 33.9 Å². The number of rotatable bonds is 21. The zero-order valence-corrected chi connectivity index (χ0v) is 32.4. The van der Waals surface area contributed by atoms with Crippen LogP contribution in [0.2, 0.25) is 0 Å². The number of carboxylic acids is 1. The number of ether oxygens (including phenoxy) is 1. The number of likely N-dealkylation sites (N-methyl/N-ethyl adjacent to an activating group) is 1. The molecule has 12 heteroatoms. The first-order valence-corrected chi connectivity index (χ1v) is 19.4. The summed E-state index contributed by atoms with van der Waals surface area (Å²) in [4.78, 5) is 61.5. The van der Waals surface area contributed by atoms with Crippen LogP contribution in [0.25, 0.3) is 0 Å². The minimum Gasteiger partial charge on any atom is -0.481 e. The molecule has 1 aliphatic rings. The average molecular weight is 729 g/mol. The molecule has 3 rings (SSSR count). The fraction of sp³-hybridized carbons (Fsp3) is 0.667. The number of likely N-dealkylation sites (tertiary alicyclic amines) is 1. The molecule has 2 heterocycles. The number of thiazole rings is 1. The summed E-state index contributed by atoms with van der Waals surface area (Å²) in [6, 6.07) is 8.59. The number of hydrogen-bond donors (Lipinski definition) is 3. The molecule has 1 saturated heterocycles. The van der Waals surface area contributed by atoms with E-state index in [4.69, 9.17) is 4.74 Å².